The first-order valence-electron chi connectivity index (χ1n) is 8.35. The molecule has 0 aliphatic heterocycles. The molecule has 2 aromatic carbocycles. The number of hydrogen-bond donors (Lipinski definition) is 2. The molecule has 0 aliphatic carbocycles. The van der Waals surface area contributed by atoms with Crippen LogP contribution in [0.4, 0.5) is 5.69 Å². The fourth-order valence-electron chi connectivity index (χ4n) is 2.45. The highest BCUT2D eigenvalue weighted by molar-refractivity contribution is 7.80. The number of hydrogen-bond acceptors (Lipinski definition) is 3. The van der Waals surface area contributed by atoms with Crippen LogP contribution in [0.15, 0.2) is 48.5 Å². The van der Waals surface area contributed by atoms with Gasteiger partial charge in [-0.3, -0.25) is 10.1 Å². The van der Waals surface area contributed by atoms with Crippen molar-refractivity contribution >= 4 is 28.9 Å². The van der Waals surface area contributed by atoms with Gasteiger partial charge in [0.2, 0.25) is 0 Å². The Balaban J connectivity index is 2.10. The molecule has 0 bridgehead atoms. The third-order valence-corrected chi connectivity index (χ3v) is 3.76. The number of carbonyl (C=O) groups is 1. The van der Waals surface area contributed by atoms with Gasteiger partial charge < -0.3 is 10.1 Å². The molecular weight excluding hydrogens is 332 g/mol. The van der Waals surface area contributed by atoms with Crippen molar-refractivity contribution < 1.29 is 9.53 Å². The Bertz CT molecular complexity index is 757. The van der Waals surface area contributed by atoms with Gasteiger partial charge in [0.1, 0.15) is 5.75 Å². The lowest BCUT2D eigenvalue weighted by molar-refractivity contribution is 0.0972. The fourth-order valence-corrected chi connectivity index (χ4v) is 2.65. The summed E-state index contributed by atoms with van der Waals surface area (Å²) in [5.74, 6) is 0.596. The van der Waals surface area contributed by atoms with E-state index in [4.69, 9.17) is 17.0 Å². The SMILES string of the molecule is CC(C)Oc1ccccc1C(=O)NC(=S)Nc1ccccc1C(C)C. The van der Waals surface area contributed by atoms with E-state index in [0.29, 0.717) is 17.2 Å². The van der Waals surface area contributed by atoms with Crippen LogP contribution < -0.4 is 15.4 Å². The van der Waals surface area contributed by atoms with E-state index >= 15 is 0 Å². The number of rotatable bonds is 5. The zero-order valence-corrected chi connectivity index (χ0v) is 15.8. The maximum atomic E-state index is 12.5. The van der Waals surface area contributed by atoms with Crippen molar-refractivity contribution in [3.8, 4) is 5.75 Å². The minimum atomic E-state index is -0.296. The lowest BCUT2D eigenvalue weighted by atomic mass is 10.0. The molecular formula is C20H24N2O2S. The third kappa shape index (κ3) is 5.29. The van der Waals surface area contributed by atoms with Crippen LogP contribution in [-0.2, 0) is 0 Å². The summed E-state index contributed by atoms with van der Waals surface area (Å²) in [6.07, 6.45) is -0.0167. The van der Waals surface area contributed by atoms with Crippen LogP contribution in [0.3, 0.4) is 0 Å². The highest BCUT2D eigenvalue weighted by Gasteiger charge is 2.15. The van der Waals surface area contributed by atoms with Gasteiger partial charge in [0.05, 0.1) is 11.7 Å². The second-order valence-electron chi connectivity index (χ2n) is 6.31. The van der Waals surface area contributed by atoms with Crippen molar-refractivity contribution in [1.29, 1.82) is 0 Å². The van der Waals surface area contributed by atoms with Gasteiger partial charge in [-0.2, -0.15) is 0 Å². The van der Waals surface area contributed by atoms with Crippen molar-refractivity contribution in [3.05, 3.63) is 59.7 Å². The quantitative estimate of drug-likeness (QED) is 0.761. The predicted molar refractivity (Wildman–Crippen MR) is 106 cm³/mol. The van der Waals surface area contributed by atoms with Crippen molar-refractivity contribution in [3.63, 3.8) is 0 Å². The van der Waals surface area contributed by atoms with Gasteiger partial charge in [-0.15, -0.1) is 0 Å². The van der Waals surface area contributed by atoms with E-state index in [1.807, 2.05) is 44.2 Å². The van der Waals surface area contributed by atoms with E-state index < -0.39 is 0 Å². The molecule has 5 heteroatoms. The molecule has 0 spiro atoms. The van der Waals surface area contributed by atoms with Crippen LogP contribution in [0, 0.1) is 0 Å². The number of para-hydroxylation sites is 2. The Morgan fingerprint density at radius 2 is 1.64 bits per heavy atom. The minimum Gasteiger partial charge on any atom is -0.490 e. The largest absolute Gasteiger partial charge is 0.490 e. The summed E-state index contributed by atoms with van der Waals surface area (Å²) < 4.78 is 5.69. The van der Waals surface area contributed by atoms with Crippen molar-refractivity contribution in [1.82, 2.24) is 5.32 Å². The van der Waals surface area contributed by atoms with E-state index in [1.54, 1.807) is 18.2 Å². The second kappa shape index (κ2) is 8.62. The Labute approximate surface area is 154 Å². The number of benzene rings is 2. The smallest absolute Gasteiger partial charge is 0.261 e. The van der Waals surface area contributed by atoms with E-state index in [-0.39, 0.29) is 17.1 Å². The molecule has 2 rings (SSSR count). The Morgan fingerprint density at radius 1 is 1.00 bits per heavy atom. The molecule has 0 unspecified atom stereocenters. The fraction of sp³-hybridized carbons (Fsp3) is 0.300. The van der Waals surface area contributed by atoms with Crippen molar-refractivity contribution in [2.45, 2.75) is 39.7 Å². The van der Waals surface area contributed by atoms with E-state index in [9.17, 15) is 4.79 Å². The van der Waals surface area contributed by atoms with E-state index in [1.165, 1.54) is 0 Å². The maximum Gasteiger partial charge on any atom is 0.261 e. The number of anilines is 1. The molecule has 0 fully saturated rings. The van der Waals surface area contributed by atoms with E-state index in [2.05, 4.69) is 24.5 Å². The Hall–Kier alpha value is -2.40. The summed E-state index contributed by atoms with van der Waals surface area (Å²) >= 11 is 5.31. The van der Waals surface area contributed by atoms with Crippen LogP contribution >= 0.6 is 12.2 Å². The summed E-state index contributed by atoms with van der Waals surface area (Å²) in [4.78, 5) is 12.5. The topological polar surface area (TPSA) is 50.4 Å². The highest BCUT2D eigenvalue weighted by atomic mass is 32.1. The Kier molecular flexibility index (Phi) is 6.53. The summed E-state index contributed by atoms with van der Waals surface area (Å²) in [6, 6.07) is 15.0. The molecule has 0 aliphatic rings. The molecule has 2 N–H and O–H groups in total. The van der Waals surface area contributed by atoms with Crippen LogP contribution in [0.2, 0.25) is 0 Å². The molecule has 4 nitrogen and oxygen atoms in total. The normalized spacial score (nSPS) is 10.6. The van der Waals surface area contributed by atoms with Gasteiger partial charge in [-0.1, -0.05) is 44.2 Å². The third-order valence-electron chi connectivity index (χ3n) is 3.55. The maximum absolute atomic E-state index is 12.5. The molecule has 0 radical (unpaired) electrons. The zero-order valence-electron chi connectivity index (χ0n) is 15.0. The van der Waals surface area contributed by atoms with E-state index in [0.717, 1.165) is 11.3 Å². The molecule has 0 saturated carbocycles. The molecule has 0 atom stereocenters. The average Bonchev–Trinajstić information content (AvgIpc) is 2.54. The summed E-state index contributed by atoms with van der Waals surface area (Å²) in [7, 11) is 0. The molecule has 132 valence electrons. The van der Waals surface area contributed by atoms with Crippen LogP contribution in [-0.4, -0.2) is 17.1 Å². The number of carbonyl (C=O) groups excluding carboxylic acids is 1. The summed E-state index contributed by atoms with van der Waals surface area (Å²) in [5.41, 5.74) is 2.50. The van der Waals surface area contributed by atoms with Gasteiger partial charge in [0.25, 0.3) is 5.91 Å². The molecule has 1 amide bonds. The standard InChI is InChI=1S/C20H24N2O2S/c1-13(2)15-9-5-7-11-17(15)21-20(25)22-19(23)16-10-6-8-12-18(16)24-14(3)4/h5-14H,1-4H3,(H2,21,22,23,25). The molecule has 25 heavy (non-hydrogen) atoms. The van der Waals surface area contributed by atoms with Crippen LogP contribution in [0.5, 0.6) is 5.75 Å². The minimum absolute atomic E-state index is 0.0167. The zero-order chi connectivity index (χ0) is 18.4. The van der Waals surface area contributed by atoms with Crippen molar-refractivity contribution in [2.75, 3.05) is 5.32 Å². The van der Waals surface area contributed by atoms with Gasteiger partial charge in [-0.05, 0) is 55.7 Å². The lowest BCUT2D eigenvalue weighted by Gasteiger charge is -2.17. The average molecular weight is 356 g/mol. The summed E-state index contributed by atoms with van der Waals surface area (Å²) in [5, 5.41) is 6.10. The molecule has 0 saturated heterocycles. The number of ether oxygens (including phenoxy) is 1. The van der Waals surface area contributed by atoms with Gasteiger partial charge >= 0.3 is 0 Å². The molecule has 2 aromatic rings. The lowest BCUT2D eigenvalue weighted by Crippen LogP contribution is -2.34. The molecule has 0 aromatic heterocycles. The first kappa shape index (κ1) is 18.9. The summed E-state index contributed by atoms with van der Waals surface area (Å²) in [6.45, 7) is 8.07. The van der Waals surface area contributed by atoms with Crippen LogP contribution in [0.1, 0.15) is 49.5 Å². The van der Waals surface area contributed by atoms with Gasteiger partial charge in [0.15, 0.2) is 5.11 Å². The highest BCUT2D eigenvalue weighted by Crippen LogP contribution is 2.24. The first-order valence-corrected chi connectivity index (χ1v) is 8.76. The number of thiocarbonyl (C=S) groups is 1. The number of nitrogens with one attached hydrogen (secondary N) is 2. The van der Waals surface area contributed by atoms with Gasteiger partial charge in [0, 0.05) is 5.69 Å². The first-order chi connectivity index (χ1) is 11.9. The number of amides is 1. The van der Waals surface area contributed by atoms with Crippen LogP contribution in [0.25, 0.3) is 0 Å². The van der Waals surface area contributed by atoms with Crippen molar-refractivity contribution in [2.24, 2.45) is 0 Å². The molecule has 0 heterocycles. The second-order valence-corrected chi connectivity index (χ2v) is 6.72. The van der Waals surface area contributed by atoms with Gasteiger partial charge in [-0.25, -0.2) is 0 Å². The Morgan fingerprint density at radius 3 is 2.32 bits per heavy atom. The monoisotopic (exact) mass is 356 g/mol. The predicted octanol–water partition coefficient (Wildman–Crippen LogP) is 4.72.